The van der Waals surface area contributed by atoms with Gasteiger partial charge in [0, 0.05) is 37.0 Å². The fourth-order valence-corrected chi connectivity index (χ4v) is 3.02. The van der Waals surface area contributed by atoms with Crippen molar-refractivity contribution in [1.82, 2.24) is 10.3 Å². The summed E-state index contributed by atoms with van der Waals surface area (Å²) in [6, 6.07) is 10.9. The number of benzene rings is 1. The van der Waals surface area contributed by atoms with Crippen LogP contribution in [-0.2, 0) is 6.54 Å². The molecule has 0 fully saturated rings. The molecule has 2 heterocycles. The molecule has 3 rings (SSSR count). The summed E-state index contributed by atoms with van der Waals surface area (Å²) in [5.74, 6) is 1.02. The number of pyridine rings is 1. The number of aromatic nitrogens is 1. The first-order valence-electron chi connectivity index (χ1n) is 8.01. The topological polar surface area (TPSA) is 34.2 Å². The van der Waals surface area contributed by atoms with Gasteiger partial charge in [-0.05, 0) is 38.0 Å². The van der Waals surface area contributed by atoms with Crippen molar-refractivity contribution in [3.63, 3.8) is 0 Å². The zero-order valence-corrected chi connectivity index (χ0v) is 13.6. The van der Waals surface area contributed by atoms with Gasteiger partial charge in [-0.15, -0.1) is 0 Å². The van der Waals surface area contributed by atoms with Crippen molar-refractivity contribution in [1.29, 1.82) is 0 Å². The largest absolute Gasteiger partial charge is 0.487 e. The minimum Gasteiger partial charge on any atom is -0.487 e. The Morgan fingerprint density at radius 2 is 2.23 bits per heavy atom. The quantitative estimate of drug-likeness (QED) is 0.919. The van der Waals surface area contributed by atoms with Crippen LogP contribution in [0.25, 0.3) is 0 Å². The zero-order chi connectivity index (χ0) is 15.6. The van der Waals surface area contributed by atoms with Crippen molar-refractivity contribution in [3.8, 4) is 5.75 Å². The van der Waals surface area contributed by atoms with Gasteiger partial charge in [0.2, 0.25) is 0 Å². The van der Waals surface area contributed by atoms with Crippen molar-refractivity contribution < 1.29 is 4.74 Å². The first-order chi connectivity index (χ1) is 10.6. The molecule has 1 aromatic carbocycles. The molecule has 0 amide bonds. The van der Waals surface area contributed by atoms with Gasteiger partial charge in [0.1, 0.15) is 11.4 Å². The maximum atomic E-state index is 6.25. The van der Waals surface area contributed by atoms with E-state index in [9.17, 15) is 0 Å². The normalized spacial score (nSPS) is 23.7. The molecule has 0 spiro atoms. The van der Waals surface area contributed by atoms with Crippen molar-refractivity contribution in [2.45, 2.75) is 51.8 Å². The predicted molar refractivity (Wildman–Crippen MR) is 88.9 cm³/mol. The third kappa shape index (κ3) is 3.14. The van der Waals surface area contributed by atoms with Gasteiger partial charge in [-0.3, -0.25) is 4.98 Å². The molecule has 0 aliphatic carbocycles. The standard InChI is InChI=1S/C19H24N2O/c1-4-19(3)11-17(21-13-15-6-5-9-20-12-15)16-10-14(2)7-8-18(16)22-19/h5-10,12,17,21H,4,11,13H2,1-3H3. The molecule has 3 nitrogen and oxygen atoms in total. The molecule has 1 aliphatic heterocycles. The van der Waals surface area contributed by atoms with Crippen LogP contribution in [0.3, 0.4) is 0 Å². The highest BCUT2D eigenvalue weighted by Crippen LogP contribution is 2.41. The van der Waals surface area contributed by atoms with Crippen molar-refractivity contribution in [2.75, 3.05) is 0 Å². The van der Waals surface area contributed by atoms with E-state index in [0.717, 1.165) is 25.1 Å². The summed E-state index contributed by atoms with van der Waals surface area (Å²) in [4.78, 5) is 4.19. The lowest BCUT2D eigenvalue weighted by atomic mass is 9.86. The predicted octanol–water partition coefficient (Wildman–Crippen LogP) is 4.17. The number of ether oxygens (including phenoxy) is 1. The van der Waals surface area contributed by atoms with Gasteiger partial charge >= 0.3 is 0 Å². The van der Waals surface area contributed by atoms with Gasteiger partial charge in [-0.25, -0.2) is 0 Å². The number of rotatable bonds is 4. The van der Waals surface area contributed by atoms with E-state index in [1.807, 2.05) is 18.5 Å². The van der Waals surface area contributed by atoms with E-state index in [1.165, 1.54) is 16.7 Å². The molecule has 1 N–H and O–H groups in total. The molecule has 116 valence electrons. The molecule has 0 saturated heterocycles. The lowest BCUT2D eigenvalue weighted by Crippen LogP contribution is -2.41. The highest BCUT2D eigenvalue weighted by Gasteiger charge is 2.35. The number of aryl methyl sites for hydroxylation is 1. The second-order valence-corrected chi connectivity index (χ2v) is 6.45. The van der Waals surface area contributed by atoms with Crippen LogP contribution in [0.2, 0.25) is 0 Å². The lowest BCUT2D eigenvalue weighted by Gasteiger charge is -2.40. The summed E-state index contributed by atoms with van der Waals surface area (Å²) in [7, 11) is 0. The van der Waals surface area contributed by atoms with Gasteiger partial charge in [0.25, 0.3) is 0 Å². The first kappa shape index (κ1) is 15.0. The van der Waals surface area contributed by atoms with Crippen LogP contribution in [0.1, 0.15) is 49.4 Å². The minimum absolute atomic E-state index is 0.102. The van der Waals surface area contributed by atoms with Crippen LogP contribution in [0.5, 0.6) is 5.75 Å². The lowest BCUT2D eigenvalue weighted by molar-refractivity contribution is 0.0439. The zero-order valence-electron chi connectivity index (χ0n) is 13.6. The Balaban J connectivity index is 1.84. The maximum Gasteiger partial charge on any atom is 0.124 e. The summed E-state index contributed by atoms with van der Waals surface area (Å²) in [5, 5.41) is 3.69. The highest BCUT2D eigenvalue weighted by atomic mass is 16.5. The molecule has 22 heavy (non-hydrogen) atoms. The monoisotopic (exact) mass is 296 g/mol. The van der Waals surface area contributed by atoms with Gasteiger partial charge in [0.15, 0.2) is 0 Å². The molecule has 2 aromatic rings. The summed E-state index contributed by atoms with van der Waals surface area (Å²) in [5.41, 5.74) is 3.65. The van der Waals surface area contributed by atoms with E-state index in [1.54, 1.807) is 0 Å². The Labute approximate surface area is 132 Å². The van der Waals surface area contributed by atoms with Crippen molar-refractivity contribution >= 4 is 0 Å². The van der Waals surface area contributed by atoms with E-state index >= 15 is 0 Å². The SMILES string of the molecule is CCC1(C)CC(NCc2cccnc2)c2cc(C)ccc2O1. The van der Waals surface area contributed by atoms with E-state index in [2.05, 4.69) is 55.3 Å². The van der Waals surface area contributed by atoms with Crippen LogP contribution in [0.4, 0.5) is 0 Å². The van der Waals surface area contributed by atoms with Crippen LogP contribution in [0, 0.1) is 6.92 Å². The van der Waals surface area contributed by atoms with Crippen LogP contribution < -0.4 is 10.1 Å². The molecule has 2 atom stereocenters. The first-order valence-corrected chi connectivity index (χ1v) is 8.01. The van der Waals surface area contributed by atoms with Crippen LogP contribution >= 0.6 is 0 Å². The maximum absolute atomic E-state index is 6.25. The highest BCUT2D eigenvalue weighted by molar-refractivity contribution is 5.41. The molecular weight excluding hydrogens is 272 g/mol. The van der Waals surface area contributed by atoms with E-state index in [4.69, 9.17) is 4.74 Å². The fourth-order valence-electron chi connectivity index (χ4n) is 3.02. The number of hydrogen-bond donors (Lipinski definition) is 1. The van der Waals surface area contributed by atoms with E-state index in [0.29, 0.717) is 6.04 Å². The molecule has 2 unspecified atom stereocenters. The Kier molecular flexibility index (Phi) is 4.16. The molecule has 1 aromatic heterocycles. The number of hydrogen-bond acceptors (Lipinski definition) is 3. The van der Waals surface area contributed by atoms with Gasteiger partial charge in [-0.1, -0.05) is 30.7 Å². The van der Waals surface area contributed by atoms with E-state index in [-0.39, 0.29) is 5.60 Å². The summed E-state index contributed by atoms with van der Waals surface area (Å²) in [6.07, 6.45) is 5.72. The summed E-state index contributed by atoms with van der Waals surface area (Å²) in [6.45, 7) is 7.35. The number of nitrogens with one attached hydrogen (secondary N) is 1. The molecule has 0 bridgehead atoms. The third-order valence-corrected chi connectivity index (χ3v) is 4.56. The average molecular weight is 296 g/mol. The van der Waals surface area contributed by atoms with Crippen LogP contribution in [0.15, 0.2) is 42.7 Å². The van der Waals surface area contributed by atoms with E-state index < -0.39 is 0 Å². The molecular formula is C19H24N2O. The molecule has 0 saturated carbocycles. The third-order valence-electron chi connectivity index (χ3n) is 4.56. The van der Waals surface area contributed by atoms with Gasteiger partial charge in [-0.2, -0.15) is 0 Å². The average Bonchev–Trinajstić information content (AvgIpc) is 2.54. The minimum atomic E-state index is -0.102. The Morgan fingerprint density at radius 3 is 2.95 bits per heavy atom. The molecule has 1 aliphatic rings. The van der Waals surface area contributed by atoms with Gasteiger partial charge < -0.3 is 10.1 Å². The fraction of sp³-hybridized carbons (Fsp3) is 0.421. The number of nitrogens with zero attached hydrogens (tertiary/aromatic N) is 1. The summed E-state index contributed by atoms with van der Waals surface area (Å²) < 4.78 is 6.25. The molecule has 0 radical (unpaired) electrons. The molecule has 3 heteroatoms. The van der Waals surface area contributed by atoms with Gasteiger partial charge in [0.05, 0.1) is 0 Å². The van der Waals surface area contributed by atoms with Crippen molar-refractivity contribution in [2.24, 2.45) is 0 Å². The smallest absolute Gasteiger partial charge is 0.124 e. The Hall–Kier alpha value is -1.87. The van der Waals surface area contributed by atoms with Crippen LogP contribution in [-0.4, -0.2) is 10.6 Å². The second-order valence-electron chi connectivity index (χ2n) is 6.45. The number of fused-ring (bicyclic) bond motifs is 1. The summed E-state index contributed by atoms with van der Waals surface area (Å²) >= 11 is 0. The Bertz CT molecular complexity index is 641. The second kappa shape index (κ2) is 6.09. The Morgan fingerprint density at radius 1 is 1.36 bits per heavy atom. The van der Waals surface area contributed by atoms with Crippen molar-refractivity contribution in [3.05, 3.63) is 59.4 Å².